The first-order chi connectivity index (χ1) is 11.8. The van der Waals surface area contributed by atoms with E-state index in [1.807, 2.05) is 0 Å². The molecule has 0 aliphatic carbocycles. The van der Waals surface area contributed by atoms with Gasteiger partial charge in [-0.3, -0.25) is 9.35 Å². The molecule has 0 saturated carbocycles. The minimum absolute atomic E-state index is 0.488. The maximum Gasteiger partial charge on any atom is 0.449 e. The molecule has 148 valence electrons. The van der Waals surface area contributed by atoms with Gasteiger partial charge in [0.25, 0.3) is 0 Å². The molecule has 0 spiro atoms. The smallest absolute Gasteiger partial charge is 0.392 e. The molecule has 0 amide bonds. The number of carbonyl (C=O) groups is 1. The molecule has 0 radical (unpaired) electrons. The second kappa shape index (κ2) is 15.2. The van der Waals surface area contributed by atoms with E-state index in [0.29, 0.717) is 6.42 Å². The molecule has 0 aromatic rings. The van der Waals surface area contributed by atoms with E-state index in [-0.39, 0.29) is 0 Å². The summed E-state index contributed by atoms with van der Waals surface area (Å²) in [6.45, 7) is 3.36. The van der Waals surface area contributed by atoms with E-state index in [1.54, 1.807) is 0 Å². The van der Waals surface area contributed by atoms with E-state index in [4.69, 9.17) is 4.55 Å². The number of carbonyl (C=O) groups excluding carboxylic acids is 1. The molecule has 25 heavy (non-hydrogen) atoms. The highest BCUT2D eigenvalue weighted by Crippen LogP contribution is 2.13. The monoisotopic (exact) mass is 378 g/mol. The first-order valence-corrected chi connectivity index (χ1v) is 10.8. The van der Waals surface area contributed by atoms with Gasteiger partial charge in [-0.05, 0) is 18.9 Å². The first kappa shape index (κ1) is 23.9. The van der Waals surface area contributed by atoms with Crippen molar-refractivity contribution in [3.8, 4) is 0 Å². The molecule has 0 aliphatic rings. The topological polar surface area (TPSA) is 89.9 Å². The molecular weight excluding hydrogens is 344 g/mol. The quantitative estimate of drug-likeness (QED) is 0.170. The maximum absolute atomic E-state index is 10.9. The van der Waals surface area contributed by atoms with E-state index in [1.165, 1.54) is 63.9 Å². The fourth-order valence-electron chi connectivity index (χ4n) is 2.54. The van der Waals surface area contributed by atoms with Gasteiger partial charge < -0.3 is 8.92 Å². The highest BCUT2D eigenvalue weighted by molar-refractivity contribution is 7.81. The Bertz CT molecular complexity index is 470. The van der Waals surface area contributed by atoms with Crippen LogP contribution in [0.15, 0.2) is 12.0 Å². The lowest BCUT2D eigenvalue weighted by atomic mass is 10.0. The molecule has 0 fully saturated rings. The van der Waals surface area contributed by atoms with Gasteiger partial charge in [0.15, 0.2) is 0 Å². The van der Waals surface area contributed by atoms with Crippen LogP contribution in [-0.2, 0) is 24.1 Å². The van der Waals surface area contributed by atoms with Crippen molar-refractivity contribution in [3.63, 3.8) is 0 Å². The van der Waals surface area contributed by atoms with Gasteiger partial charge in [-0.2, -0.15) is 8.42 Å². The van der Waals surface area contributed by atoms with Crippen LogP contribution >= 0.6 is 0 Å². The molecule has 6 nitrogen and oxygen atoms in total. The van der Waals surface area contributed by atoms with Crippen molar-refractivity contribution >= 4 is 16.4 Å². The zero-order chi connectivity index (χ0) is 19.0. The van der Waals surface area contributed by atoms with Crippen molar-refractivity contribution in [2.45, 2.75) is 97.3 Å². The molecule has 0 bridgehead atoms. The van der Waals surface area contributed by atoms with Gasteiger partial charge in [0.1, 0.15) is 0 Å². The highest BCUT2D eigenvalue weighted by Gasteiger charge is 2.12. The van der Waals surface area contributed by atoms with E-state index >= 15 is 0 Å². The Morgan fingerprint density at radius 1 is 0.880 bits per heavy atom. The summed E-state index contributed by atoms with van der Waals surface area (Å²) in [5, 5.41) is 0. The van der Waals surface area contributed by atoms with Gasteiger partial charge in [0.2, 0.25) is 0 Å². The van der Waals surface area contributed by atoms with E-state index < -0.39 is 22.3 Å². The van der Waals surface area contributed by atoms with Crippen molar-refractivity contribution in [1.29, 1.82) is 0 Å². The Hall–Kier alpha value is -1.08. The summed E-state index contributed by atoms with van der Waals surface area (Å²) in [6.07, 6.45) is 16.7. The van der Waals surface area contributed by atoms with E-state index in [9.17, 15) is 13.2 Å². The third-order valence-electron chi connectivity index (χ3n) is 3.80. The maximum atomic E-state index is 10.9. The summed E-state index contributed by atoms with van der Waals surface area (Å²) in [5.74, 6) is -1.19. The van der Waals surface area contributed by atoms with Gasteiger partial charge in [-0.15, -0.1) is 0 Å². The Kier molecular flexibility index (Phi) is 14.5. The Balaban J connectivity index is 3.66. The first-order valence-electron chi connectivity index (χ1n) is 9.40. The van der Waals surface area contributed by atoms with Crippen LogP contribution in [0.2, 0.25) is 0 Å². The third kappa shape index (κ3) is 19.1. The number of allylic oxidation sites excluding steroid dienone is 1. The van der Waals surface area contributed by atoms with Crippen LogP contribution in [0, 0.1) is 0 Å². The van der Waals surface area contributed by atoms with Gasteiger partial charge >= 0.3 is 22.3 Å². The molecule has 0 unspecified atom stereocenters. The van der Waals surface area contributed by atoms with Crippen molar-refractivity contribution in [2.24, 2.45) is 0 Å². The zero-order valence-electron chi connectivity index (χ0n) is 15.7. The zero-order valence-corrected chi connectivity index (χ0v) is 16.5. The van der Waals surface area contributed by atoms with Crippen LogP contribution in [0.25, 0.3) is 0 Å². The largest absolute Gasteiger partial charge is 0.449 e. The summed E-state index contributed by atoms with van der Waals surface area (Å²) in [6, 6.07) is 0. The lowest BCUT2D eigenvalue weighted by Gasteiger charge is -2.06. The van der Waals surface area contributed by atoms with Crippen LogP contribution in [0.3, 0.4) is 0 Å². The van der Waals surface area contributed by atoms with Crippen molar-refractivity contribution < 1.29 is 26.7 Å². The second-order valence-corrected chi connectivity index (χ2v) is 7.33. The molecule has 0 saturated heterocycles. The number of hydrogen-bond donors (Lipinski definition) is 1. The fraction of sp³-hybridized carbons (Fsp3) is 0.833. The number of esters is 1. The lowest BCUT2D eigenvalue weighted by Crippen LogP contribution is -2.08. The standard InChI is InChI=1S/C18H34O6S/c1-3-4-5-6-7-8-9-10-11-12-13-14-15-16-18(23-17(2)19)24-25(20,21)22/h16H,3-15H2,1-2H3,(H,20,21,22). The summed E-state index contributed by atoms with van der Waals surface area (Å²) >= 11 is 0. The molecule has 0 atom stereocenters. The molecule has 0 aliphatic heterocycles. The predicted molar refractivity (Wildman–Crippen MR) is 98.2 cm³/mol. The Morgan fingerprint density at radius 2 is 1.32 bits per heavy atom. The molecular formula is C18H34O6S. The average molecular weight is 379 g/mol. The summed E-state index contributed by atoms with van der Waals surface area (Å²) in [7, 11) is -4.68. The number of rotatable bonds is 16. The molecule has 0 heterocycles. The van der Waals surface area contributed by atoms with Crippen LogP contribution in [-0.4, -0.2) is 18.9 Å². The van der Waals surface area contributed by atoms with Gasteiger partial charge in [0, 0.05) is 6.92 Å². The van der Waals surface area contributed by atoms with E-state index in [2.05, 4.69) is 15.8 Å². The van der Waals surface area contributed by atoms with Crippen molar-refractivity contribution in [1.82, 2.24) is 0 Å². The molecule has 1 N–H and O–H groups in total. The third-order valence-corrected chi connectivity index (χ3v) is 4.18. The van der Waals surface area contributed by atoms with Gasteiger partial charge in [-0.1, -0.05) is 77.6 Å². The summed E-state index contributed by atoms with van der Waals surface area (Å²) in [4.78, 5) is 10.9. The van der Waals surface area contributed by atoms with Gasteiger partial charge in [-0.25, -0.2) is 0 Å². The number of hydrogen-bond acceptors (Lipinski definition) is 5. The molecule has 0 rings (SSSR count). The molecule has 7 heteroatoms. The van der Waals surface area contributed by atoms with Crippen LogP contribution < -0.4 is 0 Å². The minimum Gasteiger partial charge on any atom is -0.392 e. The van der Waals surface area contributed by atoms with Crippen LogP contribution in [0.5, 0.6) is 0 Å². The minimum atomic E-state index is -4.68. The SMILES string of the molecule is CCCCCCCCCCCCCCC=C(OC(C)=O)OS(=O)(=O)O. The Morgan fingerprint density at radius 3 is 1.72 bits per heavy atom. The highest BCUT2D eigenvalue weighted by atomic mass is 32.3. The van der Waals surface area contributed by atoms with Crippen molar-refractivity contribution in [3.05, 3.63) is 12.0 Å². The normalized spacial score (nSPS) is 12.2. The number of ether oxygens (including phenoxy) is 1. The average Bonchev–Trinajstić information content (AvgIpc) is 2.49. The van der Waals surface area contributed by atoms with Crippen LogP contribution in [0.1, 0.15) is 97.3 Å². The number of unbranched alkanes of at least 4 members (excludes halogenated alkanes) is 12. The molecule has 0 aromatic carbocycles. The van der Waals surface area contributed by atoms with E-state index in [0.717, 1.165) is 26.2 Å². The second-order valence-electron chi connectivity index (χ2n) is 6.31. The predicted octanol–water partition coefficient (Wildman–Crippen LogP) is 5.30. The Labute approximate surface area is 152 Å². The van der Waals surface area contributed by atoms with Gasteiger partial charge in [0.05, 0.1) is 0 Å². The van der Waals surface area contributed by atoms with Crippen molar-refractivity contribution in [2.75, 3.05) is 0 Å². The lowest BCUT2D eigenvalue weighted by molar-refractivity contribution is -0.140. The summed E-state index contributed by atoms with van der Waals surface area (Å²) < 4.78 is 38.7. The fourth-order valence-corrected chi connectivity index (χ4v) is 2.85. The molecule has 0 aromatic heterocycles. The summed E-state index contributed by atoms with van der Waals surface area (Å²) in [5.41, 5.74) is 0. The van der Waals surface area contributed by atoms with Crippen LogP contribution in [0.4, 0.5) is 0 Å².